The van der Waals surface area contributed by atoms with E-state index in [2.05, 4.69) is 20.7 Å². The normalized spacial score (nSPS) is 20.6. The lowest BCUT2D eigenvalue weighted by atomic mass is 9.66. The Labute approximate surface area is 164 Å². The number of esters is 1. The molecule has 0 aliphatic heterocycles. The fourth-order valence-corrected chi connectivity index (χ4v) is 4.41. The highest BCUT2D eigenvalue weighted by atomic mass is 79.9. The largest absolute Gasteiger partial charge is 0.493 e. The number of halogens is 1. The third-order valence-electron chi connectivity index (χ3n) is 4.93. The number of hydrogen-bond donors (Lipinski definition) is 0. The third kappa shape index (κ3) is 3.50. The van der Waals surface area contributed by atoms with E-state index in [1.807, 2.05) is 0 Å². The molecule has 0 unspecified atom stereocenters. The Morgan fingerprint density at radius 3 is 2.78 bits per heavy atom. The van der Waals surface area contributed by atoms with Crippen molar-refractivity contribution in [3.63, 3.8) is 0 Å². The second kappa shape index (κ2) is 7.58. The minimum atomic E-state index is -0.511. The molecular weight excluding hydrogens is 416 g/mol. The highest BCUT2D eigenvalue weighted by Crippen LogP contribution is 2.52. The number of methoxy groups -OCH3 is 1. The fraction of sp³-hybridized carbons (Fsp3) is 0.368. The molecule has 2 atom stereocenters. The number of hydrogen-bond acceptors (Lipinski definition) is 5. The second-order valence-corrected chi connectivity index (χ2v) is 7.36. The predicted molar refractivity (Wildman–Crippen MR) is 99.6 cm³/mol. The molecule has 1 aromatic rings. The number of allylic oxidation sites excluding steroid dienone is 2. The number of ether oxygens (including phenoxy) is 2. The molecule has 2 aliphatic rings. The Bertz CT molecular complexity index is 931. The van der Waals surface area contributed by atoms with Crippen molar-refractivity contribution < 1.29 is 28.6 Å². The van der Waals surface area contributed by atoms with Gasteiger partial charge in [-0.3, -0.25) is 14.4 Å². The first-order chi connectivity index (χ1) is 12.9. The minimum absolute atomic E-state index is 0.0520. The van der Waals surface area contributed by atoms with Gasteiger partial charge < -0.3 is 15.0 Å². The lowest BCUT2D eigenvalue weighted by Crippen LogP contribution is -2.34. The van der Waals surface area contributed by atoms with Gasteiger partial charge in [-0.2, -0.15) is 4.79 Å². The van der Waals surface area contributed by atoms with Crippen LogP contribution in [0.1, 0.15) is 30.9 Å². The van der Waals surface area contributed by atoms with Crippen LogP contribution in [0.2, 0.25) is 0 Å². The summed E-state index contributed by atoms with van der Waals surface area (Å²) in [5.74, 6) is -0.987. The number of ketones is 2. The summed E-state index contributed by atoms with van der Waals surface area (Å²) in [6.07, 6.45) is 3.59. The molecular formula is C19H17BrN2O5. The Morgan fingerprint density at radius 2 is 2.15 bits per heavy atom. The van der Waals surface area contributed by atoms with Crippen molar-refractivity contribution in [1.82, 2.24) is 0 Å². The van der Waals surface area contributed by atoms with E-state index in [4.69, 9.17) is 15.0 Å². The van der Waals surface area contributed by atoms with Crippen molar-refractivity contribution in [2.75, 3.05) is 7.11 Å². The zero-order valence-corrected chi connectivity index (χ0v) is 16.4. The predicted octanol–water partition coefficient (Wildman–Crippen LogP) is 2.79. The molecule has 8 heteroatoms. The molecule has 27 heavy (non-hydrogen) atoms. The number of carbonyl (C=O) groups excluding carboxylic acids is 3. The van der Waals surface area contributed by atoms with Crippen molar-refractivity contribution >= 4 is 45.3 Å². The highest BCUT2D eigenvalue weighted by Gasteiger charge is 2.42. The molecule has 1 aromatic carbocycles. The Kier molecular flexibility index (Phi) is 5.39. The van der Waals surface area contributed by atoms with E-state index >= 15 is 0 Å². The minimum Gasteiger partial charge on any atom is -0.493 e. The van der Waals surface area contributed by atoms with Crippen LogP contribution in [0, 0.1) is 11.8 Å². The van der Waals surface area contributed by atoms with Gasteiger partial charge in [0.25, 0.3) is 0 Å². The van der Waals surface area contributed by atoms with Crippen LogP contribution in [0.5, 0.6) is 11.5 Å². The monoisotopic (exact) mass is 432 g/mol. The van der Waals surface area contributed by atoms with Gasteiger partial charge in [-0.1, -0.05) is 15.9 Å². The van der Waals surface area contributed by atoms with E-state index in [0.29, 0.717) is 40.6 Å². The molecule has 0 saturated carbocycles. The van der Waals surface area contributed by atoms with Gasteiger partial charge >= 0.3 is 12.2 Å². The van der Waals surface area contributed by atoms with E-state index < -0.39 is 11.9 Å². The van der Waals surface area contributed by atoms with Crippen LogP contribution < -0.4 is 9.47 Å². The highest BCUT2D eigenvalue weighted by molar-refractivity contribution is 9.10. The smallest absolute Gasteiger partial charge is 0.323 e. The standard InChI is InChI=1S/C19H17BrN2O5/c1-9(23)27-19-17(26-2)7-15(20)14-6-12(16(25)8-22-21)11-4-3-10(24)5-13(11)18(14)19/h5,7-8,11-12H,3-4,6H2,1-2H3/t11-,12+/m1/s1. The molecule has 0 saturated heterocycles. The lowest BCUT2D eigenvalue weighted by Gasteiger charge is -2.36. The topological polar surface area (TPSA) is 106 Å². The van der Waals surface area contributed by atoms with E-state index in [9.17, 15) is 14.4 Å². The van der Waals surface area contributed by atoms with Crippen LogP contribution in [-0.2, 0) is 20.8 Å². The van der Waals surface area contributed by atoms with E-state index in [1.165, 1.54) is 20.1 Å². The Morgan fingerprint density at radius 1 is 1.41 bits per heavy atom. The number of rotatable bonds is 4. The molecule has 0 amide bonds. The average Bonchev–Trinajstić information content (AvgIpc) is 2.62. The van der Waals surface area contributed by atoms with Crippen LogP contribution in [0.4, 0.5) is 0 Å². The van der Waals surface area contributed by atoms with Crippen LogP contribution in [-0.4, -0.2) is 35.7 Å². The van der Waals surface area contributed by atoms with Crippen LogP contribution in [0.15, 0.2) is 16.6 Å². The summed E-state index contributed by atoms with van der Waals surface area (Å²) < 4.78 is 11.5. The first kappa shape index (κ1) is 19.2. The maximum absolute atomic E-state index is 12.5. The van der Waals surface area contributed by atoms with Crippen molar-refractivity contribution in [2.24, 2.45) is 11.8 Å². The lowest BCUT2D eigenvalue weighted by molar-refractivity contribution is -0.132. The van der Waals surface area contributed by atoms with E-state index in [-0.39, 0.29) is 23.2 Å². The SMILES string of the molecule is COc1cc(Br)c2c(c1OC(C)=O)C1=CC(=O)CC[C@@H]1[C@@H](C(=O)C=[N+]=[N-])C2. The van der Waals surface area contributed by atoms with Crippen molar-refractivity contribution in [3.8, 4) is 11.5 Å². The summed E-state index contributed by atoms with van der Waals surface area (Å²) in [5.41, 5.74) is 10.8. The van der Waals surface area contributed by atoms with Crippen LogP contribution >= 0.6 is 15.9 Å². The molecule has 7 nitrogen and oxygen atoms in total. The molecule has 0 N–H and O–H groups in total. The van der Waals surface area contributed by atoms with Crippen molar-refractivity contribution in [1.29, 1.82) is 0 Å². The second-order valence-electron chi connectivity index (χ2n) is 6.51. The first-order valence-electron chi connectivity index (χ1n) is 8.41. The molecule has 0 bridgehead atoms. The molecule has 0 aromatic heterocycles. The van der Waals surface area contributed by atoms with Gasteiger partial charge in [0, 0.05) is 29.3 Å². The molecule has 0 heterocycles. The number of nitrogens with zero attached hydrogens (tertiary/aromatic N) is 2. The maximum atomic E-state index is 12.5. The van der Waals surface area contributed by atoms with Crippen molar-refractivity contribution in [3.05, 3.63) is 33.3 Å². The number of carbonyl (C=O) groups is 3. The zero-order chi connectivity index (χ0) is 19.7. The Balaban J connectivity index is 2.29. The van der Waals surface area contributed by atoms with Crippen molar-refractivity contribution in [2.45, 2.75) is 26.2 Å². The molecule has 0 spiro atoms. The number of fused-ring (bicyclic) bond motifs is 3. The first-order valence-corrected chi connectivity index (χ1v) is 9.20. The average molecular weight is 433 g/mol. The summed E-state index contributed by atoms with van der Waals surface area (Å²) >= 11 is 3.49. The molecule has 0 radical (unpaired) electrons. The van der Waals surface area contributed by atoms with E-state index in [0.717, 1.165) is 11.8 Å². The van der Waals surface area contributed by atoms with Crippen LogP contribution in [0.3, 0.4) is 0 Å². The quantitative estimate of drug-likeness (QED) is 0.239. The molecule has 3 rings (SSSR count). The zero-order valence-electron chi connectivity index (χ0n) is 14.8. The molecule has 0 fully saturated rings. The van der Waals surface area contributed by atoms with Gasteiger partial charge in [0.2, 0.25) is 5.78 Å². The van der Waals surface area contributed by atoms with Gasteiger partial charge in [0.15, 0.2) is 17.3 Å². The number of Topliss-reactive ketones (excluding diaryl/α,β-unsaturated/α-hetero) is 1. The van der Waals surface area contributed by atoms with E-state index in [1.54, 1.807) is 6.07 Å². The number of benzene rings is 1. The fourth-order valence-electron chi connectivity index (χ4n) is 3.84. The molecule has 140 valence electrons. The maximum Gasteiger partial charge on any atom is 0.323 e. The summed E-state index contributed by atoms with van der Waals surface area (Å²) in [4.78, 5) is 39.1. The summed E-state index contributed by atoms with van der Waals surface area (Å²) in [5, 5.41) is 0. The van der Waals surface area contributed by atoms with Gasteiger partial charge in [-0.15, -0.1) is 0 Å². The molecule has 2 aliphatic carbocycles. The van der Waals surface area contributed by atoms with Gasteiger partial charge in [-0.05, 0) is 42.0 Å². The third-order valence-corrected chi connectivity index (χ3v) is 5.64. The van der Waals surface area contributed by atoms with Gasteiger partial charge in [-0.25, -0.2) is 0 Å². The summed E-state index contributed by atoms with van der Waals surface area (Å²) in [7, 11) is 1.46. The summed E-state index contributed by atoms with van der Waals surface area (Å²) in [6, 6.07) is 1.67. The Hall–Kier alpha value is -2.57. The van der Waals surface area contributed by atoms with Crippen LogP contribution in [0.25, 0.3) is 11.1 Å². The van der Waals surface area contributed by atoms with Gasteiger partial charge in [0.1, 0.15) is 0 Å². The van der Waals surface area contributed by atoms with Gasteiger partial charge in [0.05, 0.1) is 7.11 Å². The summed E-state index contributed by atoms with van der Waals surface area (Å²) in [6.45, 7) is 1.29.